The average Bonchev–Trinajstić information content (AvgIpc) is 3.45. The zero-order valence-electron chi connectivity index (χ0n) is 19.4. The number of amides is 1. The third kappa shape index (κ3) is 3.64. The van der Waals surface area contributed by atoms with Crippen LogP contribution < -0.4 is 11.1 Å². The summed E-state index contributed by atoms with van der Waals surface area (Å²) in [6, 6.07) is 10.8. The maximum atomic E-state index is 13.4. The number of hydrogen-bond acceptors (Lipinski definition) is 7. The minimum absolute atomic E-state index is 0.0999. The molecule has 5 aromatic rings. The number of carbonyl (C=O) groups is 1. The number of benzene rings is 2. The van der Waals surface area contributed by atoms with E-state index < -0.39 is 5.41 Å². The number of nitrogen functional groups attached to an aromatic ring is 1. The standard InChI is InChI=1S/C26H19ClFN7O2/c1-26(14-4-7-16(27)19(36)11-14)20-21(29)32-22(33-23(20)34-25(26)37)18-12-35-9-8-30-24(35)17(31-18)10-13-2-5-15(28)6-3-13/h2-9,11-12,36H,10H2,1H3,(H3,29,32,33,34,37). The zero-order chi connectivity index (χ0) is 25.9. The number of nitrogens with one attached hydrogen (secondary N) is 1. The summed E-state index contributed by atoms with van der Waals surface area (Å²) in [5, 5.41) is 13.1. The number of nitrogens with two attached hydrogens (primary N) is 1. The van der Waals surface area contributed by atoms with E-state index in [1.54, 1.807) is 48.1 Å². The number of imidazole rings is 1. The number of rotatable bonds is 4. The minimum Gasteiger partial charge on any atom is -0.506 e. The molecule has 3 aromatic heterocycles. The van der Waals surface area contributed by atoms with Crippen molar-refractivity contribution in [1.82, 2.24) is 24.3 Å². The molecule has 1 aliphatic rings. The molecule has 4 heterocycles. The maximum Gasteiger partial charge on any atom is 0.240 e. The van der Waals surface area contributed by atoms with Gasteiger partial charge in [0.25, 0.3) is 0 Å². The summed E-state index contributed by atoms with van der Waals surface area (Å²) in [6.45, 7) is 1.69. The van der Waals surface area contributed by atoms with E-state index in [0.29, 0.717) is 34.6 Å². The molecule has 0 saturated heterocycles. The fourth-order valence-corrected chi connectivity index (χ4v) is 4.76. The lowest BCUT2D eigenvalue weighted by Gasteiger charge is -2.23. The molecule has 0 bridgehead atoms. The number of aromatic nitrogens is 5. The van der Waals surface area contributed by atoms with Crippen LogP contribution in [0.5, 0.6) is 5.75 Å². The van der Waals surface area contributed by atoms with Crippen LogP contribution in [0.3, 0.4) is 0 Å². The van der Waals surface area contributed by atoms with Gasteiger partial charge in [0.15, 0.2) is 11.5 Å². The number of aromatic hydroxyl groups is 1. The number of phenolic OH excluding ortho intramolecular Hbond substituents is 1. The minimum atomic E-state index is -1.24. The van der Waals surface area contributed by atoms with Gasteiger partial charge in [-0.3, -0.25) is 4.79 Å². The van der Waals surface area contributed by atoms with Crippen LogP contribution in [0.25, 0.3) is 17.2 Å². The van der Waals surface area contributed by atoms with Gasteiger partial charge in [0, 0.05) is 25.0 Å². The molecule has 0 fully saturated rings. The molecule has 184 valence electrons. The van der Waals surface area contributed by atoms with Crippen LogP contribution in [0.2, 0.25) is 5.02 Å². The van der Waals surface area contributed by atoms with Crippen LogP contribution in [0.4, 0.5) is 16.0 Å². The molecule has 2 aromatic carbocycles. The SMILES string of the molecule is CC1(c2ccc(Cl)c(O)c2)C(=O)Nc2nc(-c3cn4ccnc4c(Cc4ccc(F)cc4)n3)nc(N)c21. The zero-order valence-corrected chi connectivity index (χ0v) is 20.2. The Morgan fingerprint density at radius 1 is 1.16 bits per heavy atom. The van der Waals surface area contributed by atoms with E-state index >= 15 is 0 Å². The third-order valence-electron chi connectivity index (χ3n) is 6.60. The van der Waals surface area contributed by atoms with Gasteiger partial charge in [-0.1, -0.05) is 29.8 Å². The summed E-state index contributed by atoms with van der Waals surface area (Å²) >= 11 is 5.96. The van der Waals surface area contributed by atoms with Crippen molar-refractivity contribution >= 4 is 34.8 Å². The predicted octanol–water partition coefficient (Wildman–Crippen LogP) is 4.12. The lowest BCUT2D eigenvalue weighted by Crippen LogP contribution is -2.32. The molecule has 1 atom stereocenters. The van der Waals surface area contributed by atoms with Gasteiger partial charge in [0.05, 0.1) is 16.3 Å². The predicted molar refractivity (Wildman–Crippen MR) is 136 cm³/mol. The summed E-state index contributed by atoms with van der Waals surface area (Å²) in [6.07, 6.45) is 5.56. The average molecular weight is 516 g/mol. The van der Waals surface area contributed by atoms with Gasteiger partial charge in [0.2, 0.25) is 5.91 Å². The highest BCUT2D eigenvalue weighted by Gasteiger charge is 2.47. The Morgan fingerprint density at radius 2 is 1.95 bits per heavy atom. The molecule has 0 aliphatic carbocycles. The van der Waals surface area contributed by atoms with Crippen molar-refractivity contribution in [3.05, 3.63) is 94.3 Å². The fraction of sp³-hybridized carbons (Fsp3) is 0.115. The van der Waals surface area contributed by atoms with Crippen molar-refractivity contribution < 1.29 is 14.3 Å². The monoisotopic (exact) mass is 515 g/mol. The Labute approximate surface area is 214 Å². The second kappa shape index (κ2) is 8.24. The second-order valence-corrected chi connectivity index (χ2v) is 9.34. The Bertz CT molecular complexity index is 1720. The summed E-state index contributed by atoms with van der Waals surface area (Å²) in [5.74, 6) is -0.251. The molecule has 37 heavy (non-hydrogen) atoms. The first-order chi connectivity index (χ1) is 17.7. The highest BCUT2D eigenvalue weighted by molar-refractivity contribution is 6.32. The number of halogens is 2. The van der Waals surface area contributed by atoms with Crippen LogP contribution in [-0.4, -0.2) is 35.4 Å². The van der Waals surface area contributed by atoms with Crippen LogP contribution in [0, 0.1) is 5.82 Å². The van der Waals surface area contributed by atoms with Crippen molar-refractivity contribution in [1.29, 1.82) is 0 Å². The first-order valence-electron chi connectivity index (χ1n) is 11.3. The molecule has 1 aliphatic heterocycles. The molecule has 11 heteroatoms. The van der Waals surface area contributed by atoms with Gasteiger partial charge in [-0.2, -0.15) is 0 Å². The van der Waals surface area contributed by atoms with Crippen LogP contribution >= 0.6 is 11.6 Å². The van der Waals surface area contributed by atoms with Crippen LogP contribution in [0.15, 0.2) is 61.1 Å². The largest absolute Gasteiger partial charge is 0.506 e. The molecule has 9 nitrogen and oxygen atoms in total. The number of nitrogens with zero attached hydrogens (tertiary/aromatic N) is 5. The van der Waals surface area contributed by atoms with E-state index in [-0.39, 0.29) is 40.0 Å². The molecule has 4 N–H and O–H groups in total. The second-order valence-electron chi connectivity index (χ2n) is 8.94. The van der Waals surface area contributed by atoms with Crippen molar-refractivity contribution in [3.8, 4) is 17.3 Å². The number of phenols is 1. The van der Waals surface area contributed by atoms with Gasteiger partial charge < -0.3 is 20.6 Å². The lowest BCUT2D eigenvalue weighted by molar-refractivity contribution is -0.119. The Morgan fingerprint density at radius 3 is 2.70 bits per heavy atom. The van der Waals surface area contributed by atoms with E-state index in [1.165, 1.54) is 24.3 Å². The van der Waals surface area contributed by atoms with E-state index in [2.05, 4.69) is 20.3 Å². The lowest BCUT2D eigenvalue weighted by atomic mass is 9.77. The molecule has 0 saturated carbocycles. The number of hydrogen-bond donors (Lipinski definition) is 3. The maximum absolute atomic E-state index is 13.4. The first kappa shape index (κ1) is 22.9. The molecule has 6 rings (SSSR count). The van der Waals surface area contributed by atoms with Crippen molar-refractivity contribution in [2.45, 2.75) is 18.8 Å². The van der Waals surface area contributed by atoms with Crippen LogP contribution in [0.1, 0.15) is 29.3 Å². The smallest absolute Gasteiger partial charge is 0.240 e. The van der Waals surface area contributed by atoms with Gasteiger partial charge in [-0.25, -0.2) is 24.3 Å². The fourth-order valence-electron chi connectivity index (χ4n) is 4.64. The summed E-state index contributed by atoms with van der Waals surface area (Å²) < 4.78 is 15.2. The summed E-state index contributed by atoms with van der Waals surface area (Å²) in [4.78, 5) is 31.4. The molecule has 1 unspecified atom stereocenters. The highest BCUT2D eigenvalue weighted by Crippen LogP contribution is 2.46. The Kier molecular flexibility index (Phi) is 5.09. The van der Waals surface area contributed by atoms with E-state index in [1.807, 2.05) is 0 Å². The molecule has 0 spiro atoms. The molecule has 0 radical (unpaired) electrons. The summed E-state index contributed by atoms with van der Waals surface area (Å²) in [7, 11) is 0. The quantitative estimate of drug-likeness (QED) is 0.328. The van der Waals surface area contributed by atoms with E-state index in [4.69, 9.17) is 22.3 Å². The Balaban J connectivity index is 1.45. The van der Waals surface area contributed by atoms with Gasteiger partial charge in [-0.15, -0.1) is 0 Å². The molecule has 1 amide bonds. The first-order valence-corrected chi connectivity index (χ1v) is 11.7. The van der Waals surface area contributed by atoms with Gasteiger partial charge in [0.1, 0.15) is 34.3 Å². The van der Waals surface area contributed by atoms with E-state index in [9.17, 15) is 14.3 Å². The summed E-state index contributed by atoms with van der Waals surface area (Å²) in [5.41, 5.74) is 8.63. The highest BCUT2D eigenvalue weighted by atomic mass is 35.5. The normalized spacial score (nSPS) is 16.7. The van der Waals surface area contributed by atoms with Gasteiger partial charge >= 0.3 is 0 Å². The van der Waals surface area contributed by atoms with E-state index in [0.717, 1.165) is 5.56 Å². The molecular formula is C26H19ClFN7O2. The van der Waals surface area contributed by atoms with Crippen molar-refractivity contribution in [3.63, 3.8) is 0 Å². The Hall–Kier alpha value is -4.57. The topological polar surface area (TPSA) is 131 Å². The van der Waals surface area contributed by atoms with Crippen LogP contribution in [-0.2, 0) is 16.6 Å². The number of fused-ring (bicyclic) bond motifs is 2. The molecular weight excluding hydrogens is 497 g/mol. The van der Waals surface area contributed by atoms with Crippen molar-refractivity contribution in [2.24, 2.45) is 0 Å². The number of carbonyl (C=O) groups excluding carboxylic acids is 1. The van der Waals surface area contributed by atoms with Crippen molar-refractivity contribution in [2.75, 3.05) is 11.1 Å². The number of anilines is 2. The van der Waals surface area contributed by atoms with Gasteiger partial charge in [-0.05, 0) is 42.3 Å². The third-order valence-corrected chi connectivity index (χ3v) is 6.92.